The lowest BCUT2D eigenvalue weighted by Crippen LogP contribution is -2.16. The zero-order valence-electron chi connectivity index (χ0n) is 16.6. The molecular weight excluding hydrogens is 418 g/mol. The van der Waals surface area contributed by atoms with Crippen LogP contribution in [0.4, 0.5) is 5.69 Å². The number of carbonyl (C=O) groups is 1. The Morgan fingerprint density at radius 3 is 2.60 bits per heavy atom. The molecule has 0 bridgehead atoms. The molecule has 0 atom stereocenters. The highest BCUT2D eigenvalue weighted by Crippen LogP contribution is 2.28. The summed E-state index contributed by atoms with van der Waals surface area (Å²) in [6.07, 6.45) is 7.13. The molecule has 0 aliphatic rings. The number of thioether (sulfide) groups is 1. The summed E-state index contributed by atoms with van der Waals surface area (Å²) in [7, 11) is 1.95. The minimum absolute atomic E-state index is 0.243. The van der Waals surface area contributed by atoms with Crippen molar-refractivity contribution in [1.29, 1.82) is 0 Å². The van der Waals surface area contributed by atoms with E-state index in [2.05, 4.69) is 20.3 Å². The van der Waals surface area contributed by atoms with Crippen LogP contribution in [0.5, 0.6) is 0 Å². The normalized spacial score (nSPS) is 10.9. The number of furan rings is 1. The molecule has 4 aromatic rings. The predicted molar refractivity (Wildman–Crippen MR) is 118 cm³/mol. The Kier molecular flexibility index (Phi) is 5.91. The van der Waals surface area contributed by atoms with Crippen LogP contribution in [-0.4, -0.2) is 31.7 Å². The number of amides is 1. The summed E-state index contributed by atoms with van der Waals surface area (Å²) < 4.78 is 7.34. The fourth-order valence-corrected chi connectivity index (χ4v) is 4.25. The summed E-state index contributed by atoms with van der Waals surface area (Å²) >= 11 is 2.96. The van der Waals surface area contributed by atoms with E-state index < -0.39 is 0 Å². The van der Waals surface area contributed by atoms with Crippen LogP contribution in [0, 0.1) is 6.92 Å². The van der Waals surface area contributed by atoms with Crippen molar-refractivity contribution in [1.82, 2.24) is 19.5 Å². The highest BCUT2D eigenvalue weighted by molar-refractivity contribution is 7.99. The Bertz CT molecular complexity index is 1170. The van der Waals surface area contributed by atoms with Gasteiger partial charge < -0.3 is 14.3 Å². The molecule has 1 aromatic carbocycles. The van der Waals surface area contributed by atoms with Crippen LogP contribution in [-0.2, 0) is 7.05 Å². The molecule has 1 N–H and O–H groups in total. The maximum atomic E-state index is 13.0. The summed E-state index contributed by atoms with van der Waals surface area (Å²) in [5, 5.41) is 4.45. The Morgan fingerprint density at radius 1 is 1.17 bits per heavy atom. The van der Waals surface area contributed by atoms with Gasteiger partial charge in [0.05, 0.1) is 17.5 Å². The molecule has 0 radical (unpaired) electrons. The molecule has 30 heavy (non-hydrogen) atoms. The SMILES string of the molecule is CSc1nc(-c2ccco2)nc(C)c1C(=O)Nc1ccc(Sc2nccn2C)cc1. The van der Waals surface area contributed by atoms with Crippen molar-refractivity contribution in [3.8, 4) is 11.6 Å². The van der Waals surface area contributed by atoms with Crippen LogP contribution in [0.3, 0.4) is 0 Å². The lowest BCUT2D eigenvalue weighted by atomic mass is 10.2. The van der Waals surface area contributed by atoms with Gasteiger partial charge in [-0.3, -0.25) is 4.79 Å². The second-order valence-corrected chi connectivity index (χ2v) is 8.23. The molecule has 0 fully saturated rings. The van der Waals surface area contributed by atoms with Gasteiger partial charge in [0.25, 0.3) is 5.91 Å². The summed E-state index contributed by atoms with van der Waals surface area (Å²) in [5.41, 5.74) is 1.76. The van der Waals surface area contributed by atoms with Gasteiger partial charge in [-0.1, -0.05) is 11.8 Å². The molecule has 0 spiro atoms. The molecule has 0 unspecified atom stereocenters. The maximum absolute atomic E-state index is 13.0. The van der Waals surface area contributed by atoms with Gasteiger partial charge in [-0.25, -0.2) is 15.0 Å². The molecule has 0 saturated carbocycles. The maximum Gasteiger partial charge on any atom is 0.260 e. The Hall–Kier alpha value is -3.04. The van der Waals surface area contributed by atoms with Crippen LogP contribution in [0.2, 0.25) is 0 Å². The predicted octanol–water partition coefficient (Wildman–Crippen LogP) is 4.90. The zero-order chi connectivity index (χ0) is 21.1. The number of rotatable bonds is 6. The van der Waals surface area contributed by atoms with Crippen molar-refractivity contribution in [2.45, 2.75) is 22.0 Å². The molecule has 3 aromatic heterocycles. The second kappa shape index (κ2) is 8.76. The topological polar surface area (TPSA) is 85.8 Å². The van der Waals surface area contributed by atoms with Crippen LogP contribution in [0.25, 0.3) is 11.6 Å². The van der Waals surface area contributed by atoms with Crippen LogP contribution < -0.4 is 5.32 Å². The van der Waals surface area contributed by atoms with Gasteiger partial charge in [-0.2, -0.15) is 0 Å². The lowest BCUT2D eigenvalue weighted by Gasteiger charge is -2.12. The molecule has 0 aliphatic carbocycles. The van der Waals surface area contributed by atoms with Gasteiger partial charge in [0.2, 0.25) is 0 Å². The lowest BCUT2D eigenvalue weighted by molar-refractivity contribution is 0.102. The first kappa shape index (κ1) is 20.2. The van der Waals surface area contributed by atoms with Crippen molar-refractivity contribution in [3.63, 3.8) is 0 Å². The first-order chi connectivity index (χ1) is 14.5. The van der Waals surface area contributed by atoms with Crippen molar-refractivity contribution < 1.29 is 9.21 Å². The monoisotopic (exact) mass is 437 g/mol. The summed E-state index contributed by atoms with van der Waals surface area (Å²) in [6.45, 7) is 1.80. The molecule has 4 rings (SSSR count). The number of aromatic nitrogens is 4. The highest BCUT2D eigenvalue weighted by atomic mass is 32.2. The first-order valence-corrected chi connectivity index (χ1v) is 11.1. The fourth-order valence-electron chi connectivity index (χ4n) is 2.83. The van der Waals surface area contributed by atoms with Gasteiger partial charge >= 0.3 is 0 Å². The standard InChI is InChI=1S/C21H19N5O2S2/c1-13-17(20(29-3)25-18(23-13)16-5-4-12-28-16)19(27)24-14-6-8-15(9-7-14)30-21-22-10-11-26(21)2/h4-12H,1-3H3,(H,24,27). The minimum atomic E-state index is -0.243. The van der Waals surface area contributed by atoms with E-state index in [1.165, 1.54) is 11.8 Å². The molecule has 3 heterocycles. The van der Waals surface area contributed by atoms with Gasteiger partial charge in [-0.15, -0.1) is 11.8 Å². The van der Waals surface area contributed by atoms with Gasteiger partial charge in [0.15, 0.2) is 16.7 Å². The van der Waals surface area contributed by atoms with Gasteiger partial charge in [-0.05, 0) is 49.6 Å². The molecular formula is C21H19N5O2S2. The number of imidazole rings is 1. The van der Waals surface area contributed by atoms with Crippen LogP contribution >= 0.6 is 23.5 Å². The summed E-state index contributed by atoms with van der Waals surface area (Å²) in [5.74, 6) is 0.794. The van der Waals surface area contributed by atoms with Gasteiger partial charge in [0, 0.05) is 30.0 Å². The summed E-state index contributed by atoms with van der Waals surface area (Å²) in [6, 6.07) is 11.2. The number of nitrogens with one attached hydrogen (secondary N) is 1. The van der Waals surface area contributed by atoms with E-state index in [4.69, 9.17) is 4.42 Å². The Morgan fingerprint density at radius 2 is 1.97 bits per heavy atom. The van der Waals surface area contributed by atoms with E-state index in [9.17, 15) is 4.79 Å². The van der Waals surface area contributed by atoms with Crippen LogP contribution in [0.1, 0.15) is 16.1 Å². The number of benzene rings is 1. The third-order valence-electron chi connectivity index (χ3n) is 4.32. The number of nitrogens with zero attached hydrogens (tertiary/aromatic N) is 4. The number of anilines is 1. The first-order valence-electron chi connectivity index (χ1n) is 9.08. The fraction of sp³-hybridized carbons (Fsp3) is 0.143. The molecule has 7 nitrogen and oxygen atoms in total. The second-order valence-electron chi connectivity index (χ2n) is 6.40. The minimum Gasteiger partial charge on any atom is -0.461 e. The molecule has 9 heteroatoms. The molecule has 152 valence electrons. The Labute approximate surface area is 182 Å². The number of carbonyl (C=O) groups excluding carboxylic acids is 1. The number of hydrogen-bond donors (Lipinski definition) is 1. The quantitative estimate of drug-likeness (QED) is 0.339. The molecule has 0 aliphatic heterocycles. The van der Waals surface area contributed by atoms with Crippen molar-refractivity contribution in [2.75, 3.05) is 11.6 Å². The van der Waals surface area contributed by atoms with E-state index >= 15 is 0 Å². The average Bonchev–Trinajstić information content (AvgIpc) is 3.41. The number of hydrogen-bond acceptors (Lipinski definition) is 7. The van der Waals surface area contributed by atoms with E-state index in [1.807, 2.05) is 48.3 Å². The van der Waals surface area contributed by atoms with E-state index in [0.717, 1.165) is 10.1 Å². The Balaban J connectivity index is 1.53. The van der Waals surface area contributed by atoms with Crippen molar-refractivity contribution in [3.05, 3.63) is 66.3 Å². The van der Waals surface area contributed by atoms with E-state index in [1.54, 1.807) is 43.3 Å². The molecule has 1 amide bonds. The third-order valence-corrected chi connectivity index (χ3v) is 6.08. The zero-order valence-corrected chi connectivity index (χ0v) is 18.3. The average molecular weight is 438 g/mol. The largest absolute Gasteiger partial charge is 0.461 e. The van der Waals surface area contributed by atoms with Gasteiger partial charge in [0.1, 0.15) is 5.03 Å². The third kappa shape index (κ3) is 4.27. The number of aryl methyl sites for hydroxylation is 2. The van der Waals surface area contributed by atoms with Crippen LogP contribution in [0.15, 0.2) is 74.6 Å². The highest BCUT2D eigenvalue weighted by Gasteiger charge is 2.20. The smallest absolute Gasteiger partial charge is 0.260 e. The summed E-state index contributed by atoms with van der Waals surface area (Å²) in [4.78, 5) is 27.3. The molecule has 0 saturated heterocycles. The van der Waals surface area contributed by atoms with Crippen molar-refractivity contribution >= 4 is 35.1 Å². The van der Waals surface area contributed by atoms with E-state index in [0.29, 0.717) is 33.6 Å². The van der Waals surface area contributed by atoms with Crippen molar-refractivity contribution in [2.24, 2.45) is 7.05 Å². The van der Waals surface area contributed by atoms with E-state index in [-0.39, 0.29) is 5.91 Å².